The maximum atomic E-state index is 9.70. The Hall–Kier alpha value is -0.120. The molecule has 0 aromatic carbocycles. The van der Waals surface area contributed by atoms with Gasteiger partial charge in [0, 0.05) is 12.6 Å². The van der Waals surface area contributed by atoms with E-state index in [4.69, 9.17) is 5.11 Å². The molecule has 14 heavy (non-hydrogen) atoms. The fourth-order valence-corrected chi connectivity index (χ4v) is 3.14. The maximum Gasteiger partial charge on any atom is 0.130 e. The van der Waals surface area contributed by atoms with Gasteiger partial charge in [-0.1, -0.05) is 12.8 Å². The van der Waals surface area contributed by atoms with Crippen molar-refractivity contribution in [3.8, 4) is 0 Å². The van der Waals surface area contributed by atoms with Crippen LogP contribution in [-0.4, -0.2) is 40.5 Å². The highest BCUT2D eigenvalue weighted by atomic mass is 16.3. The van der Waals surface area contributed by atoms with E-state index in [1.165, 1.54) is 38.5 Å². The highest BCUT2D eigenvalue weighted by molar-refractivity contribution is 4.88. The molecule has 0 spiro atoms. The second-order valence-corrected chi connectivity index (χ2v) is 4.66. The van der Waals surface area contributed by atoms with Crippen molar-refractivity contribution in [2.45, 2.75) is 50.8 Å². The molecule has 2 aliphatic rings. The van der Waals surface area contributed by atoms with Crippen molar-refractivity contribution in [2.24, 2.45) is 5.92 Å². The molecule has 3 atom stereocenters. The van der Waals surface area contributed by atoms with Crippen LogP contribution < -0.4 is 0 Å². The average Bonchev–Trinajstić information content (AvgIpc) is 2.27. The van der Waals surface area contributed by atoms with E-state index in [0.29, 0.717) is 6.04 Å². The Balaban J connectivity index is 2.01. The molecular formula is C11H21NO2. The largest absolute Gasteiger partial charge is 0.392 e. The standard InChI is InChI=1S/C11H21NO2/c13-8-11(14)12-7-3-5-9-4-1-2-6-10(9)12/h9-11,13-14H,1-8H2. The number of aliphatic hydroxyl groups is 2. The van der Waals surface area contributed by atoms with Gasteiger partial charge in [-0.15, -0.1) is 0 Å². The number of hydrogen-bond donors (Lipinski definition) is 2. The van der Waals surface area contributed by atoms with Crippen molar-refractivity contribution in [3.05, 3.63) is 0 Å². The summed E-state index contributed by atoms with van der Waals surface area (Å²) in [7, 11) is 0. The lowest BCUT2D eigenvalue weighted by Gasteiger charge is -2.45. The van der Waals surface area contributed by atoms with Gasteiger partial charge in [-0.05, 0) is 31.6 Å². The van der Waals surface area contributed by atoms with Crippen LogP contribution in [0.15, 0.2) is 0 Å². The summed E-state index contributed by atoms with van der Waals surface area (Å²) in [6, 6.07) is 0.541. The molecule has 0 bridgehead atoms. The van der Waals surface area contributed by atoms with Gasteiger partial charge in [-0.2, -0.15) is 0 Å². The summed E-state index contributed by atoms with van der Waals surface area (Å²) in [4.78, 5) is 2.12. The fourth-order valence-electron chi connectivity index (χ4n) is 3.14. The Morgan fingerprint density at radius 3 is 2.64 bits per heavy atom. The number of piperidine rings is 1. The minimum Gasteiger partial charge on any atom is -0.392 e. The molecule has 1 saturated heterocycles. The summed E-state index contributed by atoms with van der Waals surface area (Å²) < 4.78 is 0. The molecule has 0 amide bonds. The quantitative estimate of drug-likeness (QED) is 0.696. The van der Waals surface area contributed by atoms with Crippen molar-refractivity contribution in [1.29, 1.82) is 0 Å². The number of hydrogen-bond acceptors (Lipinski definition) is 3. The molecule has 1 heterocycles. The highest BCUT2D eigenvalue weighted by Crippen LogP contribution is 2.35. The molecule has 1 aliphatic heterocycles. The molecule has 0 radical (unpaired) electrons. The minimum absolute atomic E-state index is 0.122. The molecule has 3 heteroatoms. The number of aliphatic hydroxyl groups excluding tert-OH is 2. The Kier molecular flexibility index (Phi) is 3.42. The van der Waals surface area contributed by atoms with Gasteiger partial charge in [0.05, 0.1) is 6.61 Å². The van der Waals surface area contributed by atoms with E-state index >= 15 is 0 Å². The SMILES string of the molecule is OCC(O)N1CCCC2CCCCC21. The predicted molar refractivity (Wildman–Crippen MR) is 54.8 cm³/mol. The fraction of sp³-hybridized carbons (Fsp3) is 1.00. The summed E-state index contributed by atoms with van der Waals surface area (Å²) in [5.74, 6) is 0.777. The summed E-state index contributed by atoms with van der Waals surface area (Å²) in [5, 5.41) is 18.7. The zero-order valence-electron chi connectivity index (χ0n) is 8.73. The Bertz CT molecular complexity index is 182. The molecule has 1 aliphatic carbocycles. The molecule has 1 saturated carbocycles. The van der Waals surface area contributed by atoms with Gasteiger partial charge in [0.1, 0.15) is 6.23 Å². The monoisotopic (exact) mass is 199 g/mol. The summed E-state index contributed by atoms with van der Waals surface area (Å²) in [5.41, 5.74) is 0. The Labute approximate surface area is 85.7 Å². The summed E-state index contributed by atoms with van der Waals surface area (Å²) in [6.07, 6.45) is 7.04. The normalized spacial score (nSPS) is 36.4. The van der Waals surface area contributed by atoms with Gasteiger partial charge >= 0.3 is 0 Å². The maximum absolute atomic E-state index is 9.70. The molecule has 3 nitrogen and oxygen atoms in total. The third-order valence-corrected chi connectivity index (χ3v) is 3.83. The van der Waals surface area contributed by atoms with Crippen LogP contribution in [0.3, 0.4) is 0 Å². The summed E-state index contributed by atoms with van der Waals surface area (Å²) >= 11 is 0. The van der Waals surface area contributed by atoms with Crippen LogP contribution in [0, 0.1) is 5.92 Å². The van der Waals surface area contributed by atoms with Gasteiger partial charge in [0.25, 0.3) is 0 Å². The van der Waals surface area contributed by atoms with Crippen LogP contribution in [0.4, 0.5) is 0 Å². The molecule has 82 valence electrons. The first kappa shape index (κ1) is 10.4. The van der Waals surface area contributed by atoms with E-state index in [1.54, 1.807) is 0 Å². The second kappa shape index (κ2) is 4.60. The van der Waals surface area contributed by atoms with E-state index in [-0.39, 0.29) is 6.61 Å². The van der Waals surface area contributed by atoms with Gasteiger partial charge in [0.2, 0.25) is 0 Å². The van der Waals surface area contributed by atoms with Crippen LogP contribution in [0.25, 0.3) is 0 Å². The van der Waals surface area contributed by atoms with Crippen molar-refractivity contribution in [3.63, 3.8) is 0 Å². The third-order valence-electron chi connectivity index (χ3n) is 3.83. The first-order valence-electron chi connectivity index (χ1n) is 5.87. The van der Waals surface area contributed by atoms with Gasteiger partial charge in [-0.25, -0.2) is 0 Å². The molecule has 2 N–H and O–H groups in total. The topological polar surface area (TPSA) is 43.7 Å². The minimum atomic E-state index is -0.624. The van der Waals surface area contributed by atoms with Gasteiger partial charge in [-0.3, -0.25) is 4.90 Å². The highest BCUT2D eigenvalue weighted by Gasteiger charge is 2.35. The zero-order valence-corrected chi connectivity index (χ0v) is 8.73. The van der Waals surface area contributed by atoms with Crippen molar-refractivity contribution in [2.75, 3.05) is 13.2 Å². The molecule has 0 aromatic heterocycles. The first-order valence-corrected chi connectivity index (χ1v) is 5.87. The van der Waals surface area contributed by atoms with Crippen molar-refractivity contribution >= 4 is 0 Å². The van der Waals surface area contributed by atoms with E-state index in [0.717, 1.165) is 12.5 Å². The first-order chi connectivity index (χ1) is 6.83. The van der Waals surface area contributed by atoms with Crippen LogP contribution in [-0.2, 0) is 0 Å². The molecule has 3 unspecified atom stereocenters. The lowest BCUT2D eigenvalue weighted by molar-refractivity contribution is -0.0925. The van der Waals surface area contributed by atoms with Crippen LogP contribution in [0.2, 0.25) is 0 Å². The molecular weight excluding hydrogens is 178 g/mol. The van der Waals surface area contributed by atoms with Gasteiger partial charge < -0.3 is 10.2 Å². The predicted octanol–water partition coefficient (Wildman–Crippen LogP) is 0.952. The molecule has 2 fully saturated rings. The van der Waals surface area contributed by atoms with E-state index in [2.05, 4.69) is 4.90 Å². The number of likely N-dealkylation sites (tertiary alicyclic amines) is 1. The van der Waals surface area contributed by atoms with Crippen LogP contribution >= 0.6 is 0 Å². The Morgan fingerprint density at radius 2 is 1.86 bits per heavy atom. The van der Waals surface area contributed by atoms with E-state index < -0.39 is 6.23 Å². The van der Waals surface area contributed by atoms with Gasteiger partial charge in [0.15, 0.2) is 0 Å². The Morgan fingerprint density at radius 1 is 1.14 bits per heavy atom. The van der Waals surface area contributed by atoms with Crippen molar-refractivity contribution < 1.29 is 10.2 Å². The summed E-state index contributed by atoms with van der Waals surface area (Å²) in [6.45, 7) is 0.839. The third kappa shape index (κ3) is 1.95. The second-order valence-electron chi connectivity index (χ2n) is 4.66. The molecule has 0 aromatic rings. The lowest BCUT2D eigenvalue weighted by atomic mass is 9.78. The van der Waals surface area contributed by atoms with Crippen LogP contribution in [0.1, 0.15) is 38.5 Å². The average molecular weight is 199 g/mol. The molecule has 2 rings (SSSR count). The van der Waals surface area contributed by atoms with Crippen molar-refractivity contribution in [1.82, 2.24) is 4.90 Å². The van der Waals surface area contributed by atoms with E-state index in [9.17, 15) is 5.11 Å². The lowest BCUT2D eigenvalue weighted by Crippen LogP contribution is -2.52. The zero-order chi connectivity index (χ0) is 9.97. The number of nitrogens with zero attached hydrogens (tertiary/aromatic N) is 1. The smallest absolute Gasteiger partial charge is 0.130 e. The number of rotatable bonds is 2. The number of fused-ring (bicyclic) bond motifs is 1. The van der Waals surface area contributed by atoms with E-state index in [1.807, 2.05) is 0 Å². The van der Waals surface area contributed by atoms with Crippen LogP contribution in [0.5, 0.6) is 0 Å².